The zero-order valence-corrected chi connectivity index (χ0v) is 18.5. The summed E-state index contributed by atoms with van der Waals surface area (Å²) in [4.78, 5) is 17.7. The van der Waals surface area contributed by atoms with E-state index in [4.69, 9.17) is 9.57 Å². The molecule has 4 rings (SSSR count). The number of benzene rings is 2. The standard InChI is InChI=1S/C24H27F2N3O3/c1-24(2,3)23(30)32-28-12-6-7-16(14-28)15-31-22-18-13-17(25)10-11-20(18)29(27-22)21-9-5-4-8-19(21)26/h4-5,8-11,13,16H,6-7,12,14-15H2,1-3H3/t16-/m0/s1. The van der Waals surface area contributed by atoms with Crippen molar-refractivity contribution in [2.24, 2.45) is 11.3 Å². The van der Waals surface area contributed by atoms with Crippen LogP contribution in [0.25, 0.3) is 16.6 Å². The van der Waals surface area contributed by atoms with E-state index in [9.17, 15) is 13.6 Å². The molecule has 0 N–H and O–H groups in total. The zero-order valence-electron chi connectivity index (χ0n) is 18.5. The monoisotopic (exact) mass is 443 g/mol. The Morgan fingerprint density at radius 1 is 1.19 bits per heavy atom. The lowest BCUT2D eigenvalue weighted by molar-refractivity contribution is -0.208. The Labute approximate surface area is 185 Å². The Morgan fingerprint density at radius 3 is 2.72 bits per heavy atom. The summed E-state index contributed by atoms with van der Waals surface area (Å²) >= 11 is 0. The van der Waals surface area contributed by atoms with Crippen molar-refractivity contribution >= 4 is 16.9 Å². The van der Waals surface area contributed by atoms with Crippen LogP contribution in [0.15, 0.2) is 42.5 Å². The highest BCUT2D eigenvalue weighted by Crippen LogP contribution is 2.30. The van der Waals surface area contributed by atoms with Crippen molar-refractivity contribution in [1.82, 2.24) is 14.8 Å². The predicted octanol–water partition coefficient (Wildman–Crippen LogP) is 4.90. The summed E-state index contributed by atoms with van der Waals surface area (Å²) in [7, 11) is 0. The molecular formula is C24H27F2N3O3. The Bertz CT molecular complexity index is 1120. The van der Waals surface area contributed by atoms with E-state index in [1.807, 2.05) is 20.8 Å². The highest BCUT2D eigenvalue weighted by Gasteiger charge is 2.29. The van der Waals surface area contributed by atoms with Gasteiger partial charge in [0.25, 0.3) is 0 Å². The number of nitrogens with zero attached hydrogens (tertiary/aromatic N) is 3. The number of piperidine rings is 1. The molecule has 1 fully saturated rings. The fraction of sp³-hybridized carbons (Fsp3) is 0.417. The molecule has 3 aromatic rings. The zero-order chi connectivity index (χ0) is 22.9. The van der Waals surface area contributed by atoms with Crippen LogP contribution < -0.4 is 4.74 Å². The molecule has 170 valence electrons. The minimum atomic E-state index is -0.577. The summed E-state index contributed by atoms with van der Waals surface area (Å²) in [6.45, 7) is 6.99. The largest absolute Gasteiger partial charge is 0.476 e. The van der Waals surface area contributed by atoms with Gasteiger partial charge in [0.1, 0.15) is 17.3 Å². The highest BCUT2D eigenvalue weighted by molar-refractivity contribution is 5.86. The van der Waals surface area contributed by atoms with Gasteiger partial charge in [0.05, 0.1) is 22.9 Å². The molecule has 0 aliphatic carbocycles. The van der Waals surface area contributed by atoms with Gasteiger partial charge in [-0.2, -0.15) is 0 Å². The van der Waals surface area contributed by atoms with Gasteiger partial charge in [0.2, 0.25) is 5.88 Å². The number of carbonyl (C=O) groups is 1. The van der Waals surface area contributed by atoms with E-state index in [-0.39, 0.29) is 23.5 Å². The maximum absolute atomic E-state index is 14.4. The maximum Gasteiger partial charge on any atom is 0.330 e. The lowest BCUT2D eigenvalue weighted by Crippen LogP contribution is -2.41. The second-order valence-corrected chi connectivity index (χ2v) is 9.17. The topological polar surface area (TPSA) is 56.6 Å². The predicted molar refractivity (Wildman–Crippen MR) is 116 cm³/mol. The number of para-hydroxylation sites is 1. The lowest BCUT2D eigenvalue weighted by atomic mass is 9.97. The third kappa shape index (κ3) is 4.75. The molecule has 0 amide bonds. The SMILES string of the molecule is CC(C)(C)C(=O)ON1CCC[C@H](COc2nn(-c3ccccc3F)c3ccc(F)cc23)C1. The van der Waals surface area contributed by atoms with Crippen molar-refractivity contribution in [2.75, 3.05) is 19.7 Å². The summed E-state index contributed by atoms with van der Waals surface area (Å²) in [5, 5.41) is 6.59. The van der Waals surface area contributed by atoms with Crippen LogP contribution in [0.5, 0.6) is 5.88 Å². The van der Waals surface area contributed by atoms with Crippen LogP contribution in [0.3, 0.4) is 0 Å². The maximum atomic E-state index is 14.4. The molecule has 0 spiro atoms. The number of rotatable bonds is 5. The van der Waals surface area contributed by atoms with Crippen LogP contribution in [0.1, 0.15) is 33.6 Å². The first kappa shape index (κ1) is 22.2. The minimum Gasteiger partial charge on any atom is -0.476 e. The molecule has 6 nitrogen and oxygen atoms in total. The molecule has 1 aliphatic heterocycles. The van der Waals surface area contributed by atoms with Crippen LogP contribution in [-0.2, 0) is 9.63 Å². The normalized spacial score (nSPS) is 17.5. The molecule has 1 aromatic heterocycles. The number of halogens is 2. The van der Waals surface area contributed by atoms with Gasteiger partial charge in [0.15, 0.2) is 0 Å². The third-order valence-electron chi connectivity index (χ3n) is 5.45. The number of aromatic nitrogens is 2. The van der Waals surface area contributed by atoms with Crippen molar-refractivity contribution in [3.8, 4) is 11.6 Å². The van der Waals surface area contributed by atoms with Crippen LogP contribution in [0.4, 0.5) is 8.78 Å². The number of carbonyl (C=O) groups excluding carboxylic acids is 1. The Morgan fingerprint density at radius 2 is 1.97 bits per heavy atom. The Balaban J connectivity index is 1.52. The molecule has 2 heterocycles. The first-order chi connectivity index (χ1) is 15.2. The van der Waals surface area contributed by atoms with Gasteiger partial charge in [-0.3, -0.25) is 0 Å². The van der Waals surface area contributed by atoms with E-state index in [1.54, 1.807) is 29.3 Å². The summed E-state index contributed by atoms with van der Waals surface area (Å²) < 4.78 is 35.7. The van der Waals surface area contributed by atoms with Gasteiger partial charge < -0.3 is 9.57 Å². The molecule has 1 atom stereocenters. The number of hydrogen-bond donors (Lipinski definition) is 0. The fourth-order valence-corrected chi connectivity index (χ4v) is 3.67. The molecule has 0 radical (unpaired) electrons. The van der Waals surface area contributed by atoms with Gasteiger partial charge >= 0.3 is 5.97 Å². The first-order valence-electron chi connectivity index (χ1n) is 10.8. The second kappa shape index (κ2) is 8.86. The molecule has 8 heteroatoms. The molecule has 0 unspecified atom stereocenters. The molecule has 0 bridgehead atoms. The van der Waals surface area contributed by atoms with Gasteiger partial charge in [-0.1, -0.05) is 12.1 Å². The van der Waals surface area contributed by atoms with E-state index < -0.39 is 17.0 Å². The van der Waals surface area contributed by atoms with E-state index >= 15 is 0 Å². The average molecular weight is 443 g/mol. The highest BCUT2D eigenvalue weighted by atomic mass is 19.1. The summed E-state index contributed by atoms with van der Waals surface area (Å²) in [5.41, 5.74) is 0.235. The lowest BCUT2D eigenvalue weighted by Gasteiger charge is -2.32. The van der Waals surface area contributed by atoms with Crippen LogP contribution in [-0.4, -0.2) is 40.5 Å². The Hall–Kier alpha value is -3.00. The number of fused-ring (bicyclic) bond motifs is 1. The number of hydrogen-bond acceptors (Lipinski definition) is 5. The second-order valence-electron chi connectivity index (χ2n) is 9.17. The van der Waals surface area contributed by atoms with Gasteiger partial charge in [0, 0.05) is 19.0 Å². The van der Waals surface area contributed by atoms with Gasteiger partial charge in [-0.15, -0.1) is 10.2 Å². The number of ether oxygens (including phenoxy) is 1. The molecule has 1 aliphatic rings. The van der Waals surface area contributed by atoms with Crippen LogP contribution >= 0.6 is 0 Å². The quantitative estimate of drug-likeness (QED) is 0.562. The average Bonchev–Trinajstić information content (AvgIpc) is 3.09. The summed E-state index contributed by atoms with van der Waals surface area (Å²) in [5.74, 6) is -0.779. The van der Waals surface area contributed by atoms with E-state index in [0.717, 1.165) is 12.8 Å². The minimum absolute atomic E-state index is 0.110. The summed E-state index contributed by atoms with van der Waals surface area (Å²) in [6, 6.07) is 10.5. The van der Waals surface area contributed by atoms with Crippen molar-refractivity contribution < 1.29 is 23.1 Å². The van der Waals surface area contributed by atoms with Crippen LogP contribution in [0.2, 0.25) is 0 Å². The summed E-state index contributed by atoms with van der Waals surface area (Å²) in [6.07, 6.45) is 1.77. The fourth-order valence-electron chi connectivity index (χ4n) is 3.67. The molecule has 32 heavy (non-hydrogen) atoms. The van der Waals surface area contributed by atoms with E-state index in [0.29, 0.717) is 30.6 Å². The van der Waals surface area contributed by atoms with Crippen molar-refractivity contribution in [3.63, 3.8) is 0 Å². The van der Waals surface area contributed by atoms with E-state index in [2.05, 4.69) is 5.10 Å². The number of hydroxylamine groups is 2. The first-order valence-corrected chi connectivity index (χ1v) is 10.8. The molecule has 2 aromatic carbocycles. The van der Waals surface area contributed by atoms with Crippen LogP contribution in [0, 0.1) is 23.0 Å². The smallest absolute Gasteiger partial charge is 0.330 e. The van der Waals surface area contributed by atoms with Crippen molar-refractivity contribution in [1.29, 1.82) is 0 Å². The van der Waals surface area contributed by atoms with Crippen molar-refractivity contribution in [3.05, 3.63) is 54.1 Å². The van der Waals surface area contributed by atoms with Gasteiger partial charge in [-0.05, 0) is 63.9 Å². The van der Waals surface area contributed by atoms with E-state index in [1.165, 1.54) is 22.9 Å². The molecule has 0 saturated carbocycles. The molecule has 1 saturated heterocycles. The van der Waals surface area contributed by atoms with Gasteiger partial charge in [-0.25, -0.2) is 18.3 Å². The third-order valence-corrected chi connectivity index (χ3v) is 5.45. The molecular weight excluding hydrogens is 416 g/mol. The van der Waals surface area contributed by atoms with Crippen molar-refractivity contribution in [2.45, 2.75) is 33.6 Å². The Kier molecular flexibility index (Phi) is 6.15.